The molecule has 1 aliphatic rings. The molecule has 9 heteroatoms. The highest BCUT2D eigenvalue weighted by molar-refractivity contribution is 6.04. The number of anilines is 1. The zero-order chi connectivity index (χ0) is 14.1. The Labute approximate surface area is 111 Å². The summed E-state index contributed by atoms with van der Waals surface area (Å²) in [5.74, 6) is 0.0798. The van der Waals surface area contributed by atoms with Crippen LogP contribution in [0.15, 0.2) is 24.7 Å². The van der Waals surface area contributed by atoms with Gasteiger partial charge in [0.1, 0.15) is 11.4 Å². The Kier molecular flexibility index (Phi) is 2.71. The highest BCUT2D eigenvalue weighted by Crippen LogP contribution is 2.40. The van der Waals surface area contributed by atoms with Crippen LogP contribution in [0.5, 0.6) is 11.5 Å². The summed E-state index contributed by atoms with van der Waals surface area (Å²) in [5.41, 5.74) is -0.0575. The van der Waals surface area contributed by atoms with Crippen LogP contribution < -0.4 is 14.8 Å². The number of amides is 1. The number of nitrogens with zero attached hydrogens (tertiary/aromatic N) is 2. The molecule has 0 bridgehead atoms. The van der Waals surface area contributed by atoms with E-state index in [1.54, 1.807) is 0 Å². The average molecular weight is 276 g/mol. The summed E-state index contributed by atoms with van der Waals surface area (Å²) in [7, 11) is 0. The second-order valence-corrected chi connectivity index (χ2v) is 3.90. The summed E-state index contributed by atoms with van der Waals surface area (Å²) in [6, 6.07) is 2.57. The van der Waals surface area contributed by atoms with Crippen LogP contribution >= 0.6 is 0 Å². The number of imidazole rings is 1. The fourth-order valence-electron chi connectivity index (χ4n) is 1.75. The quantitative estimate of drug-likeness (QED) is 0.644. The number of hydrogen-bond acceptors (Lipinski definition) is 6. The van der Waals surface area contributed by atoms with Gasteiger partial charge in [0.05, 0.1) is 23.5 Å². The fourth-order valence-corrected chi connectivity index (χ4v) is 1.75. The molecule has 1 aliphatic heterocycles. The zero-order valence-electron chi connectivity index (χ0n) is 9.95. The molecule has 1 aromatic carbocycles. The van der Waals surface area contributed by atoms with Crippen molar-refractivity contribution in [3.8, 4) is 11.5 Å². The lowest BCUT2D eigenvalue weighted by molar-refractivity contribution is -0.384. The van der Waals surface area contributed by atoms with Gasteiger partial charge >= 0.3 is 0 Å². The van der Waals surface area contributed by atoms with E-state index in [4.69, 9.17) is 9.47 Å². The van der Waals surface area contributed by atoms with Crippen molar-refractivity contribution in [1.29, 1.82) is 0 Å². The van der Waals surface area contributed by atoms with E-state index in [-0.39, 0.29) is 29.6 Å². The number of benzene rings is 1. The lowest BCUT2D eigenvalue weighted by Crippen LogP contribution is -2.13. The van der Waals surface area contributed by atoms with Crippen LogP contribution in [0.25, 0.3) is 0 Å². The molecule has 3 rings (SSSR count). The molecule has 1 amide bonds. The van der Waals surface area contributed by atoms with Gasteiger partial charge in [0.2, 0.25) is 6.79 Å². The van der Waals surface area contributed by atoms with Gasteiger partial charge in [-0.25, -0.2) is 4.98 Å². The Morgan fingerprint density at radius 3 is 2.80 bits per heavy atom. The number of nitrogens with one attached hydrogen (secondary N) is 2. The third kappa shape index (κ3) is 2.00. The summed E-state index contributed by atoms with van der Waals surface area (Å²) in [5, 5.41) is 13.5. The number of aromatic amines is 1. The van der Waals surface area contributed by atoms with Gasteiger partial charge in [-0.1, -0.05) is 0 Å². The minimum absolute atomic E-state index is 0.00949. The van der Waals surface area contributed by atoms with Crippen LogP contribution in [-0.4, -0.2) is 27.6 Å². The molecule has 0 fully saturated rings. The number of nitro groups is 1. The molecule has 2 heterocycles. The molecule has 0 saturated carbocycles. The summed E-state index contributed by atoms with van der Waals surface area (Å²) in [6.45, 7) is -0.00949. The minimum Gasteiger partial charge on any atom is -0.454 e. The molecule has 20 heavy (non-hydrogen) atoms. The molecular weight excluding hydrogens is 268 g/mol. The first kappa shape index (κ1) is 12.0. The van der Waals surface area contributed by atoms with Crippen LogP contribution in [0, 0.1) is 10.1 Å². The molecule has 102 valence electrons. The molecule has 1 aromatic heterocycles. The summed E-state index contributed by atoms with van der Waals surface area (Å²) >= 11 is 0. The number of rotatable bonds is 3. The van der Waals surface area contributed by atoms with E-state index < -0.39 is 10.8 Å². The normalized spacial score (nSPS) is 12.2. The van der Waals surface area contributed by atoms with Crippen molar-refractivity contribution >= 4 is 17.3 Å². The molecular formula is C11H8N4O5. The van der Waals surface area contributed by atoms with Gasteiger partial charge in [-0.3, -0.25) is 14.9 Å². The van der Waals surface area contributed by atoms with Crippen molar-refractivity contribution < 1.29 is 19.2 Å². The standard InChI is InChI=1S/C11H8N4O5/c16-11(7-3-12-4-13-7)14-6-1-9-10(20-5-19-9)2-8(6)15(17)18/h1-4H,5H2,(H,12,13)(H,14,16). The highest BCUT2D eigenvalue weighted by atomic mass is 16.7. The number of aromatic nitrogens is 2. The lowest BCUT2D eigenvalue weighted by atomic mass is 10.2. The molecule has 2 N–H and O–H groups in total. The smallest absolute Gasteiger partial charge is 0.296 e. The van der Waals surface area contributed by atoms with E-state index in [0.717, 1.165) is 0 Å². The summed E-state index contributed by atoms with van der Waals surface area (Å²) < 4.78 is 10.2. The topological polar surface area (TPSA) is 119 Å². The van der Waals surface area contributed by atoms with Crippen molar-refractivity contribution in [2.45, 2.75) is 0 Å². The van der Waals surface area contributed by atoms with E-state index >= 15 is 0 Å². The van der Waals surface area contributed by atoms with E-state index in [1.165, 1.54) is 24.7 Å². The number of hydrogen-bond donors (Lipinski definition) is 2. The van der Waals surface area contributed by atoms with E-state index in [9.17, 15) is 14.9 Å². The molecule has 0 unspecified atom stereocenters. The van der Waals surface area contributed by atoms with E-state index in [0.29, 0.717) is 5.75 Å². The number of carbonyl (C=O) groups is 1. The predicted molar refractivity (Wildman–Crippen MR) is 65.8 cm³/mol. The molecule has 0 radical (unpaired) electrons. The third-order valence-electron chi connectivity index (χ3n) is 2.68. The fraction of sp³-hybridized carbons (Fsp3) is 0.0909. The molecule has 0 aliphatic carbocycles. The number of ether oxygens (including phenoxy) is 2. The zero-order valence-corrected chi connectivity index (χ0v) is 9.95. The average Bonchev–Trinajstić information content (AvgIpc) is 3.08. The second kappa shape index (κ2) is 4.53. The van der Waals surface area contributed by atoms with E-state index in [1.807, 2.05) is 0 Å². The first-order chi connectivity index (χ1) is 9.65. The van der Waals surface area contributed by atoms with Gasteiger partial charge in [-0.2, -0.15) is 0 Å². The number of nitro benzene ring substituents is 1. The van der Waals surface area contributed by atoms with Gasteiger partial charge < -0.3 is 19.8 Å². The third-order valence-corrected chi connectivity index (χ3v) is 2.68. The number of fused-ring (bicyclic) bond motifs is 1. The van der Waals surface area contributed by atoms with Gasteiger partial charge in [-0.15, -0.1) is 0 Å². The second-order valence-electron chi connectivity index (χ2n) is 3.90. The highest BCUT2D eigenvalue weighted by Gasteiger charge is 2.24. The first-order valence-corrected chi connectivity index (χ1v) is 5.53. The van der Waals surface area contributed by atoms with Crippen LogP contribution in [0.1, 0.15) is 10.5 Å². The summed E-state index contributed by atoms with van der Waals surface area (Å²) in [6.07, 6.45) is 2.65. The molecule has 0 spiro atoms. The maximum absolute atomic E-state index is 11.9. The van der Waals surface area contributed by atoms with Crippen molar-refractivity contribution in [3.63, 3.8) is 0 Å². The van der Waals surface area contributed by atoms with E-state index in [2.05, 4.69) is 15.3 Å². The summed E-state index contributed by atoms with van der Waals surface area (Å²) in [4.78, 5) is 28.6. The maximum atomic E-state index is 11.9. The van der Waals surface area contributed by atoms with Gasteiger partial charge in [0.25, 0.3) is 11.6 Å². The SMILES string of the molecule is O=C(Nc1cc2c(cc1[N+](=O)[O-])OCO2)c1cnc[nH]1. The van der Waals surface area contributed by atoms with Crippen LogP contribution in [0.4, 0.5) is 11.4 Å². The first-order valence-electron chi connectivity index (χ1n) is 5.53. The van der Waals surface area contributed by atoms with Crippen LogP contribution in [-0.2, 0) is 0 Å². The van der Waals surface area contributed by atoms with Crippen molar-refractivity contribution in [1.82, 2.24) is 9.97 Å². The maximum Gasteiger partial charge on any atom is 0.296 e. The Morgan fingerprint density at radius 2 is 2.15 bits per heavy atom. The molecule has 0 saturated heterocycles. The number of carbonyl (C=O) groups excluding carboxylic acids is 1. The van der Waals surface area contributed by atoms with Crippen LogP contribution in [0.2, 0.25) is 0 Å². The Balaban J connectivity index is 1.96. The van der Waals surface area contributed by atoms with Gasteiger partial charge in [0.15, 0.2) is 11.5 Å². The Hall–Kier alpha value is -3.10. The Morgan fingerprint density at radius 1 is 1.40 bits per heavy atom. The minimum atomic E-state index is -0.607. The lowest BCUT2D eigenvalue weighted by Gasteiger charge is -2.06. The largest absolute Gasteiger partial charge is 0.454 e. The molecule has 0 atom stereocenters. The van der Waals surface area contributed by atoms with Gasteiger partial charge in [0, 0.05) is 6.07 Å². The van der Waals surface area contributed by atoms with Crippen molar-refractivity contribution in [2.75, 3.05) is 12.1 Å². The van der Waals surface area contributed by atoms with Gasteiger partial charge in [-0.05, 0) is 0 Å². The Bertz CT molecular complexity index is 682. The van der Waals surface area contributed by atoms with Crippen molar-refractivity contribution in [3.05, 3.63) is 40.5 Å². The number of H-pyrrole nitrogens is 1. The molecule has 9 nitrogen and oxygen atoms in total. The molecule has 2 aromatic rings. The monoisotopic (exact) mass is 276 g/mol. The van der Waals surface area contributed by atoms with Crippen molar-refractivity contribution in [2.24, 2.45) is 0 Å². The van der Waals surface area contributed by atoms with Crippen LogP contribution in [0.3, 0.4) is 0 Å². The predicted octanol–water partition coefficient (Wildman–Crippen LogP) is 1.30.